The normalized spacial score (nSPS) is 25.4. The summed E-state index contributed by atoms with van der Waals surface area (Å²) in [5, 5.41) is 0. The summed E-state index contributed by atoms with van der Waals surface area (Å²) in [5.41, 5.74) is 7.01. The van der Waals surface area contributed by atoms with Crippen LogP contribution in [0.3, 0.4) is 0 Å². The number of nitrogens with two attached hydrogens (primary N) is 1. The van der Waals surface area contributed by atoms with Crippen LogP contribution in [-0.4, -0.2) is 18.7 Å². The van der Waals surface area contributed by atoms with E-state index in [1.165, 1.54) is 6.42 Å². The first-order valence-electron chi connectivity index (χ1n) is 7.74. The number of esters is 1. The van der Waals surface area contributed by atoms with Crippen LogP contribution in [0.1, 0.15) is 50.4 Å². The second-order valence-corrected chi connectivity index (χ2v) is 5.98. The Morgan fingerprint density at radius 3 is 2.71 bits per heavy atom. The van der Waals surface area contributed by atoms with Crippen LogP contribution in [0.25, 0.3) is 0 Å². The van der Waals surface area contributed by atoms with Crippen LogP contribution in [0.2, 0.25) is 0 Å². The number of carbonyl (C=O) groups is 1. The van der Waals surface area contributed by atoms with E-state index in [-0.39, 0.29) is 12.1 Å². The third-order valence-electron chi connectivity index (χ3n) is 4.37. The minimum Gasteiger partial charge on any atom is -0.488 e. The van der Waals surface area contributed by atoms with Crippen molar-refractivity contribution in [3.8, 4) is 5.75 Å². The van der Waals surface area contributed by atoms with Crippen LogP contribution < -0.4 is 10.5 Å². The molecule has 0 heterocycles. The first kappa shape index (κ1) is 15.7. The fraction of sp³-hybridized carbons (Fsp3) is 0.588. The Morgan fingerprint density at radius 2 is 2.05 bits per heavy atom. The average Bonchev–Trinajstić information content (AvgIpc) is 2.45. The number of hydrogen-bond acceptors (Lipinski definition) is 4. The molecule has 0 amide bonds. The summed E-state index contributed by atoms with van der Waals surface area (Å²) in [4.78, 5) is 11.8. The van der Waals surface area contributed by atoms with E-state index in [0.29, 0.717) is 29.5 Å². The Morgan fingerprint density at radius 1 is 1.29 bits per heavy atom. The lowest BCUT2D eigenvalue weighted by molar-refractivity contribution is 0.0524. The van der Waals surface area contributed by atoms with E-state index in [9.17, 15) is 4.79 Å². The molecule has 4 nitrogen and oxygen atoms in total. The Hall–Kier alpha value is -1.71. The number of rotatable bonds is 4. The van der Waals surface area contributed by atoms with Gasteiger partial charge >= 0.3 is 5.97 Å². The van der Waals surface area contributed by atoms with Crippen LogP contribution in [0.5, 0.6) is 5.75 Å². The standard InChI is InChI=1S/C17H25NO3/c1-4-20-17(19)13-6-8-15(18)16(10-13)21-14-7-5-11(2)12(3)9-14/h6,8,10-12,14H,4-5,7,9,18H2,1-3H3. The largest absolute Gasteiger partial charge is 0.488 e. The zero-order valence-electron chi connectivity index (χ0n) is 13.1. The Balaban J connectivity index is 2.09. The molecule has 0 bridgehead atoms. The molecule has 1 aliphatic rings. The van der Waals surface area contributed by atoms with Gasteiger partial charge in [0.15, 0.2) is 0 Å². The van der Waals surface area contributed by atoms with Gasteiger partial charge in [-0.25, -0.2) is 4.79 Å². The topological polar surface area (TPSA) is 61.5 Å². The van der Waals surface area contributed by atoms with Gasteiger partial charge in [0.2, 0.25) is 0 Å². The van der Waals surface area contributed by atoms with Crippen molar-refractivity contribution in [1.29, 1.82) is 0 Å². The van der Waals surface area contributed by atoms with Crippen molar-refractivity contribution in [2.45, 2.75) is 46.1 Å². The molecule has 0 aromatic heterocycles. The molecule has 116 valence electrons. The summed E-state index contributed by atoms with van der Waals surface area (Å²) >= 11 is 0. The van der Waals surface area contributed by atoms with E-state index >= 15 is 0 Å². The molecule has 0 aliphatic heterocycles. The molecule has 2 rings (SSSR count). The average molecular weight is 291 g/mol. The molecule has 4 heteroatoms. The van der Waals surface area contributed by atoms with Crippen molar-refractivity contribution in [3.05, 3.63) is 23.8 Å². The molecule has 2 N–H and O–H groups in total. The van der Waals surface area contributed by atoms with Gasteiger partial charge in [0.05, 0.1) is 24.0 Å². The molecular weight excluding hydrogens is 266 g/mol. The van der Waals surface area contributed by atoms with Crippen LogP contribution in [0.4, 0.5) is 5.69 Å². The second kappa shape index (κ2) is 6.83. The fourth-order valence-corrected chi connectivity index (χ4v) is 2.76. The third-order valence-corrected chi connectivity index (χ3v) is 4.37. The van der Waals surface area contributed by atoms with E-state index < -0.39 is 0 Å². The van der Waals surface area contributed by atoms with Gasteiger partial charge in [-0.2, -0.15) is 0 Å². The SMILES string of the molecule is CCOC(=O)c1ccc(N)c(OC2CCC(C)C(C)C2)c1. The van der Waals surface area contributed by atoms with E-state index in [1.807, 2.05) is 0 Å². The quantitative estimate of drug-likeness (QED) is 0.679. The monoisotopic (exact) mass is 291 g/mol. The molecule has 0 spiro atoms. The van der Waals surface area contributed by atoms with Crippen molar-refractivity contribution < 1.29 is 14.3 Å². The molecule has 1 saturated carbocycles. The lowest BCUT2D eigenvalue weighted by Gasteiger charge is -2.32. The predicted octanol–water partition coefficient (Wildman–Crippen LogP) is 3.65. The third kappa shape index (κ3) is 3.90. The highest BCUT2D eigenvalue weighted by Gasteiger charge is 2.26. The van der Waals surface area contributed by atoms with Crippen molar-refractivity contribution in [3.63, 3.8) is 0 Å². The van der Waals surface area contributed by atoms with Gasteiger partial charge in [-0.15, -0.1) is 0 Å². The van der Waals surface area contributed by atoms with Crippen molar-refractivity contribution >= 4 is 11.7 Å². The zero-order valence-corrected chi connectivity index (χ0v) is 13.1. The fourth-order valence-electron chi connectivity index (χ4n) is 2.76. The number of nitrogen functional groups attached to an aromatic ring is 1. The molecule has 21 heavy (non-hydrogen) atoms. The molecule has 1 aliphatic carbocycles. The highest BCUT2D eigenvalue weighted by atomic mass is 16.5. The molecule has 1 aromatic rings. The molecule has 1 aromatic carbocycles. The molecule has 0 radical (unpaired) electrons. The van der Waals surface area contributed by atoms with Gasteiger partial charge in [-0.05, 0) is 56.2 Å². The maximum Gasteiger partial charge on any atom is 0.338 e. The van der Waals surface area contributed by atoms with Gasteiger partial charge in [0.25, 0.3) is 0 Å². The highest BCUT2D eigenvalue weighted by molar-refractivity contribution is 5.90. The van der Waals surface area contributed by atoms with Crippen molar-refractivity contribution in [2.75, 3.05) is 12.3 Å². The summed E-state index contributed by atoms with van der Waals surface area (Å²) in [6.07, 6.45) is 3.42. The van der Waals surface area contributed by atoms with Gasteiger partial charge in [-0.1, -0.05) is 13.8 Å². The van der Waals surface area contributed by atoms with Crippen LogP contribution in [-0.2, 0) is 4.74 Å². The molecule has 1 fully saturated rings. The van der Waals surface area contributed by atoms with Gasteiger partial charge in [0, 0.05) is 0 Å². The lowest BCUT2D eigenvalue weighted by atomic mass is 9.80. The van der Waals surface area contributed by atoms with Crippen molar-refractivity contribution in [2.24, 2.45) is 11.8 Å². The molecule has 3 atom stereocenters. The molecule has 0 saturated heterocycles. The summed E-state index contributed by atoms with van der Waals surface area (Å²) in [6.45, 7) is 6.70. The van der Waals surface area contributed by atoms with Crippen LogP contribution in [0, 0.1) is 11.8 Å². The van der Waals surface area contributed by atoms with Gasteiger partial charge in [-0.3, -0.25) is 0 Å². The number of benzene rings is 1. The summed E-state index contributed by atoms with van der Waals surface area (Å²) in [7, 11) is 0. The Labute approximate surface area is 126 Å². The highest BCUT2D eigenvalue weighted by Crippen LogP contribution is 2.33. The first-order chi connectivity index (χ1) is 10.0. The molecule has 3 unspecified atom stereocenters. The minimum absolute atomic E-state index is 0.177. The smallest absolute Gasteiger partial charge is 0.338 e. The molecular formula is C17H25NO3. The van der Waals surface area contributed by atoms with E-state index in [0.717, 1.165) is 18.8 Å². The maximum absolute atomic E-state index is 11.8. The van der Waals surface area contributed by atoms with Gasteiger partial charge in [0.1, 0.15) is 5.75 Å². The van der Waals surface area contributed by atoms with E-state index in [1.54, 1.807) is 25.1 Å². The number of hydrogen-bond donors (Lipinski definition) is 1. The predicted molar refractivity (Wildman–Crippen MR) is 83.4 cm³/mol. The number of carbonyl (C=O) groups excluding carboxylic acids is 1. The minimum atomic E-state index is -0.340. The van der Waals surface area contributed by atoms with Crippen LogP contribution >= 0.6 is 0 Å². The van der Waals surface area contributed by atoms with Crippen molar-refractivity contribution in [1.82, 2.24) is 0 Å². The van der Waals surface area contributed by atoms with Gasteiger partial charge < -0.3 is 15.2 Å². The van der Waals surface area contributed by atoms with E-state index in [2.05, 4.69) is 13.8 Å². The summed E-state index contributed by atoms with van der Waals surface area (Å²) in [5.74, 6) is 1.64. The number of anilines is 1. The second-order valence-electron chi connectivity index (χ2n) is 5.98. The van der Waals surface area contributed by atoms with E-state index in [4.69, 9.17) is 15.2 Å². The zero-order chi connectivity index (χ0) is 15.4. The summed E-state index contributed by atoms with van der Waals surface area (Å²) < 4.78 is 11.0. The summed E-state index contributed by atoms with van der Waals surface area (Å²) in [6, 6.07) is 5.07. The Kier molecular flexibility index (Phi) is 5.10. The maximum atomic E-state index is 11.8. The first-order valence-corrected chi connectivity index (χ1v) is 7.74. The number of ether oxygens (including phenoxy) is 2. The lowest BCUT2D eigenvalue weighted by Crippen LogP contribution is -2.29. The Bertz CT molecular complexity index is 501. The van der Waals surface area contributed by atoms with Crippen LogP contribution in [0.15, 0.2) is 18.2 Å².